The Bertz CT molecular complexity index is 1390. The van der Waals surface area contributed by atoms with Gasteiger partial charge in [-0.25, -0.2) is 5.01 Å². The Morgan fingerprint density at radius 3 is 2.40 bits per heavy atom. The van der Waals surface area contributed by atoms with Crippen molar-refractivity contribution in [3.8, 4) is 17.2 Å². The number of carbonyl (C=O) groups excluding carboxylic acids is 2. The van der Waals surface area contributed by atoms with Gasteiger partial charge in [0.25, 0.3) is 11.8 Å². The second kappa shape index (κ2) is 13.8. The number of ether oxygens (including phenoxy) is 4. The number of nitrogens with zero attached hydrogens (tertiary/aromatic N) is 4. The van der Waals surface area contributed by atoms with Crippen LogP contribution in [-0.4, -0.2) is 99.6 Å². The normalized spacial score (nSPS) is 17.1. The second-order valence-electron chi connectivity index (χ2n) is 10.0. The monoisotopic (exact) mass is 592 g/mol. The van der Waals surface area contributed by atoms with Crippen molar-refractivity contribution in [3.63, 3.8) is 0 Å². The number of rotatable bonds is 11. The number of hydrazone groups is 1. The number of carbonyl (C=O) groups is 2. The molecule has 5 rings (SSSR count). The molecule has 0 saturated carbocycles. The summed E-state index contributed by atoms with van der Waals surface area (Å²) in [4.78, 5) is 32.1. The number of benzene rings is 2. The maximum Gasteiger partial charge on any atom is 0.264 e. The first-order valence-electron chi connectivity index (χ1n) is 13.9. The van der Waals surface area contributed by atoms with Crippen LogP contribution < -0.4 is 14.2 Å². The Balaban J connectivity index is 1.43. The summed E-state index contributed by atoms with van der Waals surface area (Å²) in [5.74, 6) is 1.58. The maximum atomic E-state index is 14.0. The number of hydrogen-bond donors (Lipinski definition) is 0. The fourth-order valence-corrected chi connectivity index (χ4v) is 5.85. The van der Waals surface area contributed by atoms with Crippen LogP contribution in [0.4, 0.5) is 0 Å². The van der Waals surface area contributed by atoms with Gasteiger partial charge in [-0.1, -0.05) is 18.2 Å². The highest BCUT2D eigenvalue weighted by molar-refractivity contribution is 7.12. The minimum absolute atomic E-state index is 0.0930. The van der Waals surface area contributed by atoms with Crippen LogP contribution in [0.5, 0.6) is 17.2 Å². The zero-order chi connectivity index (χ0) is 29.5. The first kappa shape index (κ1) is 29.6. The van der Waals surface area contributed by atoms with Gasteiger partial charge >= 0.3 is 0 Å². The van der Waals surface area contributed by atoms with Gasteiger partial charge in [0, 0.05) is 44.2 Å². The van der Waals surface area contributed by atoms with Crippen molar-refractivity contribution in [2.75, 3.05) is 67.3 Å². The van der Waals surface area contributed by atoms with Crippen LogP contribution in [0.2, 0.25) is 0 Å². The molecule has 3 aromatic rings. The second-order valence-corrected chi connectivity index (χ2v) is 11.0. The van der Waals surface area contributed by atoms with Crippen molar-refractivity contribution in [1.82, 2.24) is 14.8 Å². The van der Waals surface area contributed by atoms with Gasteiger partial charge < -0.3 is 23.8 Å². The van der Waals surface area contributed by atoms with E-state index in [2.05, 4.69) is 4.90 Å². The molecule has 1 aromatic heterocycles. The smallest absolute Gasteiger partial charge is 0.264 e. The summed E-state index contributed by atoms with van der Waals surface area (Å²) in [5, 5.41) is 8.22. The largest absolute Gasteiger partial charge is 0.497 e. The van der Waals surface area contributed by atoms with E-state index in [4.69, 9.17) is 24.0 Å². The average Bonchev–Trinajstić information content (AvgIpc) is 3.74. The number of amides is 2. The van der Waals surface area contributed by atoms with Gasteiger partial charge in [0.15, 0.2) is 0 Å². The summed E-state index contributed by atoms with van der Waals surface area (Å²) >= 11 is 1.37. The van der Waals surface area contributed by atoms with Crippen molar-refractivity contribution >= 4 is 28.9 Å². The lowest BCUT2D eigenvalue weighted by Crippen LogP contribution is -2.46. The molecule has 42 heavy (non-hydrogen) atoms. The van der Waals surface area contributed by atoms with Gasteiger partial charge in [-0.3, -0.25) is 14.5 Å². The number of hydrogen-bond acceptors (Lipinski definition) is 9. The Morgan fingerprint density at radius 1 is 1.00 bits per heavy atom. The van der Waals surface area contributed by atoms with Crippen LogP contribution in [0.15, 0.2) is 65.1 Å². The molecule has 222 valence electrons. The molecule has 0 N–H and O–H groups in total. The number of thiophene rings is 1. The fraction of sp³-hybridized carbons (Fsp3) is 0.387. The standard InChI is InChI=1S/C31H36N4O6S/c1-38-23-8-6-22(7-9-23)27-20-26(25-11-10-24(39-2)19-28(25)40-3)32-35(27)30(36)21-34(31(37)29-5-4-18-42-29)13-12-33-14-16-41-17-15-33/h4-11,18-19,27H,12-17,20-21H2,1-3H3/t27-/m0/s1. The SMILES string of the molecule is COc1ccc([C@@H]2CC(c3ccc(OC)cc3OC)=NN2C(=O)CN(CCN2CCOCC2)C(=O)c2cccs2)cc1. The summed E-state index contributed by atoms with van der Waals surface area (Å²) in [5.41, 5.74) is 2.42. The van der Waals surface area contributed by atoms with Gasteiger partial charge in [0.2, 0.25) is 0 Å². The first-order valence-corrected chi connectivity index (χ1v) is 14.8. The molecule has 2 aliphatic rings. The van der Waals surface area contributed by atoms with Crippen molar-refractivity contribution < 1.29 is 28.5 Å². The fourth-order valence-electron chi connectivity index (χ4n) is 5.16. The molecule has 11 heteroatoms. The van der Waals surface area contributed by atoms with E-state index in [0.717, 1.165) is 30.0 Å². The summed E-state index contributed by atoms with van der Waals surface area (Å²) in [6.07, 6.45) is 0.480. The van der Waals surface area contributed by atoms with Crippen LogP contribution in [0, 0.1) is 0 Å². The lowest BCUT2D eigenvalue weighted by atomic mass is 9.97. The summed E-state index contributed by atoms with van der Waals surface area (Å²) in [7, 11) is 4.82. The quantitative estimate of drug-likeness (QED) is 0.333. The van der Waals surface area contributed by atoms with Crippen LogP contribution in [-0.2, 0) is 9.53 Å². The van der Waals surface area contributed by atoms with Gasteiger partial charge in [0.1, 0.15) is 23.8 Å². The first-order chi connectivity index (χ1) is 20.5. The highest BCUT2D eigenvalue weighted by atomic mass is 32.1. The van der Waals surface area contributed by atoms with E-state index < -0.39 is 0 Å². The minimum Gasteiger partial charge on any atom is -0.497 e. The van der Waals surface area contributed by atoms with E-state index >= 15 is 0 Å². The third-order valence-corrected chi connectivity index (χ3v) is 8.38. The molecule has 2 amide bonds. The van der Waals surface area contributed by atoms with E-state index in [0.29, 0.717) is 54.8 Å². The molecule has 0 unspecified atom stereocenters. The van der Waals surface area contributed by atoms with Crippen LogP contribution in [0.3, 0.4) is 0 Å². The predicted octanol–water partition coefficient (Wildman–Crippen LogP) is 3.93. The molecule has 0 bridgehead atoms. The molecule has 2 aliphatic heterocycles. The van der Waals surface area contributed by atoms with Crippen molar-refractivity contribution in [2.45, 2.75) is 12.5 Å². The lowest BCUT2D eigenvalue weighted by molar-refractivity contribution is -0.133. The number of morpholine rings is 1. The molecule has 2 aromatic carbocycles. The van der Waals surface area contributed by atoms with E-state index in [1.54, 1.807) is 38.4 Å². The Hall–Kier alpha value is -3.93. The summed E-state index contributed by atoms with van der Waals surface area (Å²) in [6, 6.07) is 16.5. The summed E-state index contributed by atoms with van der Waals surface area (Å²) < 4.78 is 21.8. The topological polar surface area (TPSA) is 93.1 Å². The van der Waals surface area contributed by atoms with Gasteiger partial charge in [-0.15, -0.1) is 11.3 Å². The molecule has 0 radical (unpaired) electrons. The third kappa shape index (κ3) is 6.75. The highest BCUT2D eigenvalue weighted by Crippen LogP contribution is 2.37. The number of methoxy groups -OCH3 is 3. The molecular formula is C31H36N4O6S. The van der Waals surface area contributed by atoms with Crippen molar-refractivity contribution in [1.29, 1.82) is 0 Å². The molecule has 3 heterocycles. The zero-order valence-electron chi connectivity index (χ0n) is 24.2. The Morgan fingerprint density at radius 2 is 1.74 bits per heavy atom. The van der Waals surface area contributed by atoms with E-state index in [1.165, 1.54) is 16.3 Å². The Labute approximate surface area is 250 Å². The predicted molar refractivity (Wildman–Crippen MR) is 161 cm³/mol. The molecule has 10 nitrogen and oxygen atoms in total. The molecule has 1 fully saturated rings. The lowest BCUT2D eigenvalue weighted by Gasteiger charge is -2.31. The minimum atomic E-state index is -0.358. The van der Waals surface area contributed by atoms with Crippen molar-refractivity contribution in [3.05, 3.63) is 76.0 Å². The van der Waals surface area contributed by atoms with E-state index in [9.17, 15) is 9.59 Å². The molecule has 0 spiro atoms. The average molecular weight is 593 g/mol. The maximum absolute atomic E-state index is 14.0. The third-order valence-electron chi connectivity index (χ3n) is 7.52. The Kier molecular flexibility index (Phi) is 9.73. The van der Waals surface area contributed by atoms with E-state index in [-0.39, 0.29) is 24.4 Å². The zero-order valence-corrected chi connectivity index (χ0v) is 25.0. The van der Waals surface area contributed by atoms with Gasteiger partial charge in [0.05, 0.1) is 51.2 Å². The molecule has 0 aliphatic carbocycles. The molecule has 1 atom stereocenters. The molecular weight excluding hydrogens is 556 g/mol. The summed E-state index contributed by atoms with van der Waals surface area (Å²) in [6.45, 7) is 3.93. The van der Waals surface area contributed by atoms with Gasteiger partial charge in [-0.05, 0) is 41.3 Å². The van der Waals surface area contributed by atoms with Gasteiger partial charge in [-0.2, -0.15) is 5.10 Å². The van der Waals surface area contributed by atoms with Crippen molar-refractivity contribution in [2.24, 2.45) is 5.10 Å². The highest BCUT2D eigenvalue weighted by Gasteiger charge is 2.35. The van der Waals surface area contributed by atoms with Crippen LogP contribution >= 0.6 is 11.3 Å². The molecule has 1 saturated heterocycles. The van der Waals surface area contributed by atoms with Crippen LogP contribution in [0.25, 0.3) is 0 Å². The van der Waals surface area contributed by atoms with Crippen LogP contribution in [0.1, 0.15) is 33.3 Å². The van der Waals surface area contributed by atoms with E-state index in [1.807, 2.05) is 47.8 Å².